The van der Waals surface area contributed by atoms with E-state index in [-0.39, 0.29) is 88.7 Å². The number of hydrogen-bond donors (Lipinski definition) is 0. The van der Waals surface area contributed by atoms with Crippen molar-refractivity contribution in [3.63, 3.8) is 0 Å². The average Bonchev–Trinajstić information content (AvgIpc) is 1.12. The molecule has 0 atom stereocenters. The fourth-order valence-corrected chi connectivity index (χ4v) is 0. The van der Waals surface area contributed by atoms with Crippen molar-refractivity contribution in [3.8, 4) is 0 Å². The standard InChI is InChI=1S/ClHO4.3Na.H2O4S/c2-1(3,4)5;;;;1-5(2,3)4/h(H,2,3,4,5);;;;(H2,1,2,3,4)/q;3*+1;/p-3. The summed E-state index contributed by atoms with van der Waals surface area (Å²) in [6.45, 7) is 0. The van der Waals surface area contributed by atoms with E-state index in [9.17, 15) is 0 Å². The summed E-state index contributed by atoms with van der Waals surface area (Å²) < 4.78 is 68.1. The van der Waals surface area contributed by atoms with Crippen LogP contribution < -0.4 is 107 Å². The summed E-state index contributed by atoms with van der Waals surface area (Å²) in [7, 11) is -10.1. The molecule has 8 nitrogen and oxygen atoms in total. The first kappa shape index (κ1) is 29.8. The van der Waals surface area contributed by atoms with Gasteiger partial charge in [-0.25, -0.2) is 18.6 Å². The van der Waals surface area contributed by atoms with Gasteiger partial charge in [0, 0.05) is 10.4 Å². The summed E-state index contributed by atoms with van der Waals surface area (Å²) in [6.07, 6.45) is 0. The van der Waals surface area contributed by atoms with Gasteiger partial charge in [0.25, 0.3) is 0 Å². The number of halogens is 1. The Hall–Kier alpha value is 3.00. The molecule has 13 heteroatoms. The van der Waals surface area contributed by atoms with Gasteiger partial charge >= 0.3 is 88.7 Å². The van der Waals surface area contributed by atoms with E-state index in [1.54, 1.807) is 0 Å². The smallest absolute Gasteiger partial charge is 0.759 e. The summed E-state index contributed by atoms with van der Waals surface area (Å²) >= 11 is 0. The second-order valence-electron chi connectivity index (χ2n) is 0.786. The Balaban J connectivity index is -0.0000000267. The fraction of sp³-hybridized carbons (Fsp3) is 0. The van der Waals surface area contributed by atoms with Crippen LogP contribution >= 0.6 is 0 Å². The number of rotatable bonds is 0. The maximum absolute atomic E-state index is 8.52. The minimum absolute atomic E-state index is 0. The van der Waals surface area contributed by atoms with Gasteiger partial charge in [-0.1, -0.05) is 0 Å². The van der Waals surface area contributed by atoms with Crippen LogP contribution in [-0.2, 0) is 10.4 Å². The van der Waals surface area contributed by atoms with Crippen LogP contribution in [-0.4, -0.2) is 17.5 Å². The summed E-state index contributed by atoms with van der Waals surface area (Å²) in [4.78, 5) is 0. The summed E-state index contributed by atoms with van der Waals surface area (Å²) in [5.41, 5.74) is 0. The maximum Gasteiger partial charge on any atom is 1.00 e. The molecule has 0 aromatic heterocycles. The van der Waals surface area contributed by atoms with Crippen LogP contribution in [0.25, 0.3) is 0 Å². The number of hydrogen-bond acceptors (Lipinski definition) is 8. The van der Waals surface area contributed by atoms with Crippen LogP contribution in [0.15, 0.2) is 0 Å². The van der Waals surface area contributed by atoms with E-state index in [0.29, 0.717) is 0 Å². The maximum atomic E-state index is 8.52. The quantitative estimate of drug-likeness (QED) is 0.235. The molecule has 0 aliphatic rings. The predicted molar refractivity (Wildman–Crippen MR) is 10.5 cm³/mol. The first-order valence-corrected chi connectivity index (χ1v) is 3.85. The van der Waals surface area contributed by atoms with Gasteiger partial charge in [0.05, 0.1) is 0 Å². The second-order valence-corrected chi connectivity index (χ2v) is 2.36. The SMILES string of the molecule is O=S(=O)([O-])[O-].[Na+].[Na+].[Na+].[O-][Cl+3]([O-])([O-])[O-]. The summed E-state index contributed by atoms with van der Waals surface area (Å²) in [5, 5.41) is 0. The normalized spacial score (nSPS) is 9.08. The molecule has 0 rings (SSSR count). The molecular weight excluding hydrogens is 264 g/mol. The Morgan fingerprint density at radius 3 is 0.769 bits per heavy atom. The molecule has 0 amide bonds. The molecule has 64 valence electrons. The molecule has 0 aliphatic heterocycles. The van der Waals surface area contributed by atoms with E-state index in [4.69, 9.17) is 36.2 Å². The molecule has 0 unspecified atom stereocenters. The molecule has 0 aromatic rings. The molecule has 13 heavy (non-hydrogen) atoms. The topological polar surface area (TPSA) is 172 Å². The van der Waals surface area contributed by atoms with Crippen LogP contribution in [0.4, 0.5) is 0 Å². The zero-order chi connectivity index (χ0) is 9.00. The van der Waals surface area contributed by atoms with Crippen molar-refractivity contribution in [2.45, 2.75) is 0 Å². The first-order valence-electron chi connectivity index (χ1n) is 1.28. The van der Waals surface area contributed by atoms with Crippen molar-refractivity contribution >= 4 is 10.4 Å². The Labute approximate surface area is 143 Å². The molecule has 0 aliphatic carbocycles. The third-order valence-electron chi connectivity index (χ3n) is 0. The van der Waals surface area contributed by atoms with Gasteiger partial charge in [-0.2, -0.15) is 0 Å². The van der Waals surface area contributed by atoms with E-state index < -0.39 is 20.6 Å². The van der Waals surface area contributed by atoms with Crippen LogP contribution in [0.3, 0.4) is 0 Å². The molecule has 0 aromatic carbocycles. The molecule has 0 bridgehead atoms. The van der Waals surface area contributed by atoms with E-state index in [0.717, 1.165) is 0 Å². The van der Waals surface area contributed by atoms with Crippen LogP contribution in [0.1, 0.15) is 0 Å². The zero-order valence-corrected chi connectivity index (χ0v) is 14.6. The first-order chi connectivity index (χ1) is 4.00. The molecule has 0 N–H and O–H groups in total. The van der Waals surface area contributed by atoms with Crippen molar-refractivity contribution in [3.05, 3.63) is 0 Å². The molecule has 0 saturated heterocycles. The van der Waals surface area contributed by atoms with Gasteiger partial charge in [0.2, 0.25) is 0 Å². The van der Waals surface area contributed by atoms with Crippen LogP contribution in [0.2, 0.25) is 0 Å². The predicted octanol–water partition coefficient (Wildman–Crippen LogP) is -15.1. The van der Waals surface area contributed by atoms with Crippen molar-refractivity contribution in [1.29, 1.82) is 0 Å². The minimum Gasteiger partial charge on any atom is -0.759 e. The van der Waals surface area contributed by atoms with Crippen molar-refractivity contribution in [2.75, 3.05) is 0 Å². The van der Waals surface area contributed by atoms with E-state index in [1.807, 2.05) is 0 Å². The van der Waals surface area contributed by atoms with Gasteiger partial charge in [-0.3, -0.25) is 8.42 Å². The largest absolute Gasteiger partial charge is 1.00 e. The Morgan fingerprint density at radius 2 is 0.769 bits per heavy atom. The molecule has 0 fully saturated rings. The Kier molecular flexibility index (Phi) is 29.9. The molecule has 0 spiro atoms. The van der Waals surface area contributed by atoms with Gasteiger partial charge in [-0.15, -0.1) is 10.2 Å². The molecule has 0 heterocycles. The Bertz CT molecular complexity index is 154. The van der Waals surface area contributed by atoms with Gasteiger partial charge in [0.1, 0.15) is 0 Å². The molecular formula is ClNa3O8S. The second kappa shape index (κ2) is 13.1. The summed E-state index contributed by atoms with van der Waals surface area (Å²) in [6, 6.07) is 0. The van der Waals surface area contributed by atoms with Gasteiger partial charge in [0.15, 0.2) is 0 Å². The molecule has 0 radical (unpaired) electrons. The van der Waals surface area contributed by atoms with Crippen LogP contribution in [0.5, 0.6) is 0 Å². The minimum atomic E-state index is -5.17. The van der Waals surface area contributed by atoms with Crippen molar-refractivity contribution < 1.29 is 135 Å². The summed E-state index contributed by atoms with van der Waals surface area (Å²) in [5.74, 6) is 0. The zero-order valence-electron chi connectivity index (χ0n) is 7.05. The average molecular weight is 264 g/mol. The molecule has 0 saturated carbocycles. The van der Waals surface area contributed by atoms with E-state index in [2.05, 4.69) is 0 Å². The monoisotopic (exact) mass is 264 g/mol. The third-order valence-corrected chi connectivity index (χ3v) is 0. The van der Waals surface area contributed by atoms with Crippen molar-refractivity contribution in [1.82, 2.24) is 0 Å². The third kappa shape index (κ3) is 282. The Morgan fingerprint density at radius 1 is 0.769 bits per heavy atom. The van der Waals surface area contributed by atoms with E-state index in [1.165, 1.54) is 0 Å². The van der Waals surface area contributed by atoms with Crippen LogP contribution in [0, 0.1) is 10.2 Å². The van der Waals surface area contributed by atoms with Gasteiger partial charge < -0.3 is 9.11 Å². The van der Waals surface area contributed by atoms with Gasteiger partial charge in [-0.05, 0) is 0 Å². The van der Waals surface area contributed by atoms with E-state index >= 15 is 0 Å². The fourth-order valence-electron chi connectivity index (χ4n) is 0. The van der Waals surface area contributed by atoms with Crippen molar-refractivity contribution in [2.24, 2.45) is 0 Å².